The van der Waals surface area contributed by atoms with Crippen LogP contribution in [0.5, 0.6) is 0 Å². The number of aromatic nitrogens is 1. The molecule has 126 valence electrons. The topological polar surface area (TPSA) is 98.2 Å². The second kappa shape index (κ2) is 6.96. The van der Waals surface area contributed by atoms with E-state index in [1.165, 1.54) is 18.4 Å². The van der Waals surface area contributed by atoms with Crippen molar-refractivity contribution in [1.82, 2.24) is 4.98 Å². The van der Waals surface area contributed by atoms with Crippen LogP contribution in [-0.4, -0.2) is 16.8 Å². The van der Waals surface area contributed by atoms with Crippen molar-refractivity contribution in [1.29, 1.82) is 0 Å². The molecule has 0 bridgehead atoms. The summed E-state index contributed by atoms with van der Waals surface area (Å²) in [6, 6.07) is 11.1. The highest BCUT2D eigenvalue weighted by molar-refractivity contribution is 6.42. The lowest BCUT2D eigenvalue weighted by Gasteiger charge is -2.03. The molecule has 25 heavy (non-hydrogen) atoms. The summed E-state index contributed by atoms with van der Waals surface area (Å²) in [5.74, 6) is -0.754. The first-order chi connectivity index (χ1) is 11.9. The number of anilines is 1. The quantitative estimate of drug-likeness (QED) is 0.719. The number of hydrogen-bond acceptors (Lipinski definition) is 4. The Bertz CT molecular complexity index is 952. The van der Waals surface area contributed by atoms with E-state index in [-0.39, 0.29) is 11.6 Å². The summed E-state index contributed by atoms with van der Waals surface area (Å²) in [5.41, 5.74) is 6.70. The van der Waals surface area contributed by atoms with Crippen molar-refractivity contribution in [3.8, 4) is 11.5 Å². The normalized spacial score (nSPS) is 10.5. The SMILES string of the molecule is NC(=O)c1ccc(NC(=O)c2coc(-c3ccc(Cl)c(Cl)c3)n2)cc1. The minimum atomic E-state index is -0.541. The highest BCUT2D eigenvalue weighted by atomic mass is 35.5. The van der Waals surface area contributed by atoms with E-state index >= 15 is 0 Å². The van der Waals surface area contributed by atoms with E-state index in [9.17, 15) is 9.59 Å². The van der Waals surface area contributed by atoms with Crippen LogP contribution >= 0.6 is 23.2 Å². The summed E-state index contributed by atoms with van der Waals surface area (Å²) in [7, 11) is 0. The van der Waals surface area contributed by atoms with Crippen molar-refractivity contribution in [2.24, 2.45) is 5.73 Å². The molecule has 6 nitrogen and oxygen atoms in total. The zero-order valence-corrected chi connectivity index (χ0v) is 14.1. The Hall–Kier alpha value is -2.83. The fourth-order valence-electron chi connectivity index (χ4n) is 2.05. The third-order valence-electron chi connectivity index (χ3n) is 3.33. The maximum atomic E-state index is 12.2. The third-order valence-corrected chi connectivity index (χ3v) is 4.07. The Morgan fingerprint density at radius 3 is 2.40 bits per heavy atom. The summed E-state index contributed by atoms with van der Waals surface area (Å²) in [6.07, 6.45) is 1.24. The van der Waals surface area contributed by atoms with Crippen LogP contribution in [0.4, 0.5) is 5.69 Å². The van der Waals surface area contributed by atoms with E-state index in [0.29, 0.717) is 26.9 Å². The molecule has 0 aliphatic rings. The van der Waals surface area contributed by atoms with E-state index in [4.69, 9.17) is 33.4 Å². The number of nitrogens with zero attached hydrogens (tertiary/aromatic N) is 1. The largest absolute Gasteiger partial charge is 0.444 e. The molecule has 2 aromatic carbocycles. The number of oxazole rings is 1. The van der Waals surface area contributed by atoms with Gasteiger partial charge >= 0.3 is 0 Å². The summed E-state index contributed by atoms with van der Waals surface area (Å²) in [4.78, 5) is 27.4. The number of amides is 2. The zero-order valence-electron chi connectivity index (χ0n) is 12.6. The number of carbonyl (C=O) groups excluding carboxylic acids is 2. The van der Waals surface area contributed by atoms with Gasteiger partial charge in [0.25, 0.3) is 5.91 Å². The van der Waals surface area contributed by atoms with Gasteiger partial charge in [0.2, 0.25) is 11.8 Å². The molecule has 2 amide bonds. The average Bonchev–Trinajstić information content (AvgIpc) is 3.08. The minimum Gasteiger partial charge on any atom is -0.444 e. The first-order valence-electron chi connectivity index (χ1n) is 7.06. The predicted octanol–water partition coefficient (Wildman–Crippen LogP) is 4.00. The van der Waals surface area contributed by atoms with Crippen LogP contribution in [-0.2, 0) is 0 Å². The molecule has 0 spiro atoms. The first-order valence-corrected chi connectivity index (χ1v) is 7.82. The van der Waals surface area contributed by atoms with Crippen LogP contribution in [0.1, 0.15) is 20.8 Å². The highest BCUT2D eigenvalue weighted by Gasteiger charge is 2.14. The molecule has 0 unspecified atom stereocenters. The number of benzene rings is 2. The summed E-state index contributed by atoms with van der Waals surface area (Å²) >= 11 is 11.8. The molecule has 1 heterocycles. The van der Waals surface area contributed by atoms with Crippen LogP contribution in [0.25, 0.3) is 11.5 Å². The van der Waals surface area contributed by atoms with E-state index < -0.39 is 11.8 Å². The fraction of sp³-hybridized carbons (Fsp3) is 0. The van der Waals surface area contributed by atoms with Crippen molar-refractivity contribution in [3.05, 3.63) is 70.0 Å². The summed E-state index contributed by atoms with van der Waals surface area (Å²) in [5, 5.41) is 3.42. The van der Waals surface area contributed by atoms with Gasteiger partial charge in [-0.15, -0.1) is 0 Å². The van der Waals surface area contributed by atoms with Gasteiger partial charge in [-0.25, -0.2) is 4.98 Å². The molecule has 0 saturated heterocycles. The number of nitrogens with two attached hydrogens (primary N) is 1. The van der Waals surface area contributed by atoms with Crippen LogP contribution < -0.4 is 11.1 Å². The van der Waals surface area contributed by atoms with Gasteiger partial charge in [-0.05, 0) is 42.5 Å². The molecule has 0 saturated carbocycles. The molecule has 1 aromatic heterocycles. The van der Waals surface area contributed by atoms with Crippen molar-refractivity contribution in [2.45, 2.75) is 0 Å². The Kier molecular flexibility index (Phi) is 4.74. The smallest absolute Gasteiger partial charge is 0.277 e. The lowest BCUT2D eigenvalue weighted by Crippen LogP contribution is -2.13. The van der Waals surface area contributed by atoms with Gasteiger partial charge in [0, 0.05) is 16.8 Å². The van der Waals surface area contributed by atoms with Gasteiger partial charge in [-0.1, -0.05) is 23.2 Å². The van der Waals surface area contributed by atoms with E-state index in [1.807, 2.05) is 0 Å². The Labute approximate surface area is 152 Å². The molecule has 3 rings (SSSR count). The molecular weight excluding hydrogens is 365 g/mol. The van der Waals surface area contributed by atoms with Crippen LogP contribution in [0.15, 0.2) is 53.1 Å². The minimum absolute atomic E-state index is 0.0973. The Morgan fingerprint density at radius 1 is 1.04 bits per heavy atom. The van der Waals surface area contributed by atoms with Crippen molar-refractivity contribution < 1.29 is 14.0 Å². The van der Waals surface area contributed by atoms with Gasteiger partial charge in [0.15, 0.2) is 5.69 Å². The van der Waals surface area contributed by atoms with Gasteiger partial charge < -0.3 is 15.5 Å². The van der Waals surface area contributed by atoms with Gasteiger partial charge in [-0.3, -0.25) is 9.59 Å². The van der Waals surface area contributed by atoms with Gasteiger partial charge in [0.05, 0.1) is 10.0 Å². The first kappa shape index (κ1) is 17.0. The van der Waals surface area contributed by atoms with Crippen LogP contribution in [0, 0.1) is 0 Å². The predicted molar refractivity (Wildman–Crippen MR) is 94.9 cm³/mol. The molecule has 0 aliphatic heterocycles. The number of carbonyl (C=O) groups is 2. The molecule has 8 heteroatoms. The van der Waals surface area contributed by atoms with Gasteiger partial charge in [-0.2, -0.15) is 0 Å². The number of hydrogen-bond donors (Lipinski definition) is 2. The van der Waals surface area contributed by atoms with Crippen molar-refractivity contribution in [2.75, 3.05) is 5.32 Å². The van der Waals surface area contributed by atoms with E-state index in [2.05, 4.69) is 10.3 Å². The second-order valence-corrected chi connectivity index (χ2v) is 5.88. The van der Waals surface area contributed by atoms with Crippen molar-refractivity contribution in [3.63, 3.8) is 0 Å². The summed E-state index contributed by atoms with van der Waals surface area (Å²) in [6.45, 7) is 0. The molecule has 0 radical (unpaired) electrons. The van der Waals surface area contributed by atoms with E-state index in [1.54, 1.807) is 30.3 Å². The average molecular weight is 376 g/mol. The monoisotopic (exact) mass is 375 g/mol. The lowest BCUT2D eigenvalue weighted by atomic mass is 10.2. The maximum Gasteiger partial charge on any atom is 0.277 e. The second-order valence-electron chi connectivity index (χ2n) is 5.06. The van der Waals surface area contributed by atoms with Crippen molar-refractivity contribution >= 4 is 40.7 Å². The summed E-state index contributed by atoms with van der Waals surface area (Å²) < 4.78 is 5.32. The molecule has 0 aliphatic carbocycles. The number of primary amides is 1. The van der Waals surface area contributed by atoms with Crippen LogP contribution in [0.3, 0.4) is 0 Å². The number of rotatable bonds is 4. The van der Waals surface area contributed by atoms with E-state index in [0.717, 1.165) is 0 Å². The Balaban J connectivity index is 1.76. The zero-order chi connectivity index (χ0) is 18.0. The molecule has 0 atom stereocenters. The highest BCUT2D eigenvalue weighted by Crippen LogP contribution is 2.28. The van der Waals surface area contributed by atoms with Gasteiger partial charge in [0.1, 0.15) is 6.26 Å². The molecule has 3 aromatic rings. The third kappa shape index (κ3) is 3.81. The molecular formula is C17H11Cl2N3O3. The Morgan fingerprint density at radius 2 is 1.76 bits per heavy atom. The molecule has 0 fully saturated rings. The number of nitrogens with one attached hydrogen (secondary N) is 1. The fourth-order valence-corrected chi connectivity index (χ4v) is 2.35. The van der Waals surface area contributed by atoms with Crippen LogP contribution in [0.2, 0.25) is 10.0 Å². The number of halogens is 2. The lowest BCUT2D eigenvalue weighted by molar-refractivity contribution is 0.0998. The molecule has 3 N–H and O–H groups in total. The maximum absolute atomic E-state index is 12.2. The standard InChI is InChI=1S/C17H11Cl2N3O3/c18-12-6-3-10(7-13(12)19)17-22-14(8-25-17)16(24)21-11-4-1-9(2-5-11)15(20)23/h1-8H,(H2,20,23)(H,21,24).